The van der Waals surface area contributed by atoms with Crippen molar-refractivity contribution >= 4 is 58.0 Å². The predicted octanol–water partition coefficient (Wildman–Crippen LogP) is 5.95. The van der Waals surface area contributed by atoms with Crippen molar-refractivity contribution in [2.75, 3.05) is 51.1 Å². The highest BCUT2D eigenvalue weighted by Crippen LogP contribution is 2.41. The molecule has 9 rings (SSSR count). The monoisotopic (exact) mass is 1040 g/mol. The molecule has 5 amide bonds. The molecule has 396 valence electrons. The smallest absolute Gasteiger partial charge is 0.254 e. The SMILES string of the molecule is Cc1ncsc1-c1ccc(CNC(=O)[C@H]2C[C@H](O)CN2C(=O)[C@@H](NC(=O)CCCCCCNC(=O)CN2CCN(C(=O)c3ccc(Nc4nc(C5CC5)cn5c(-c6cn[nH]c6)cnc45)c(F)c3)CC2)C(C)(C)C)cc1. The number of β-amino-alcohol motifs (C(OH)–C–C–N with tert-alkyl or cyclic N) is 1. The summed E-state index contributed by atoms with van der Waals surface area (Å²) in [6, 6.07) is 10.5. The maximum absolute atomic E-state index is 15.7. The molecule has 3 fully saturated rings. The van der Waals surface area contributed by atoms with Crippen molar-refractivity contribution in [3.05, 3.63) is 101 Å². The Kier molecular flexibility index (Phi) is 16.3. The first kappa shape index (κ1) is 52.8. The molecule has 6 heterocycles. The van der Waals surface area contributed by atoms with Crippen LogP contribution in [0.4, 0.5) is 15.9 Å². The molecule has 2 aromatic carbocycles. The number of H-pyrrole nitrogens is 1. The Labute approximate surface area is 439 Å². The molecule has 0 bridgehead atoms. The van der Waals surface area contributed by atoms with E-state index in [0.29, 0.717) is 56.5 Å². The number of fused-ring (bicyclic) bond motifs is 1. The van der Waals surface area contributed by atoms with Crippen molar-refractivity contribution in [3.63, 3.8) is 0 Å². The summed E-state index contributed by atoms with van der Waals surface area (Å²) in [6.07, 6.45) is 11.6. The number of aliphatic hydroxyl groups excluding tert-OH is 1. The quantitative estimate of drug-likeness (QED) is 0.0488. The Morgan fingerprint density at radius 3 is 2.39 bits per heavy atom. The van der Waals surface area contributed by atoms with Gasteiger partial charge in [-0.25, -0.2) is 19.3 Å². The molecule has 1 saturated carbocycles. The van der Waals surface area contributed by atoms with Gasteiger partial charge in [0.1, 0.15) is 17.9 Å². The first-order chi connectivity index (χ1) is 36.1. The van der Waals surface area contributed by atoms with Crippen LogP contribution in [-0.4, -0.2) is 143 Å². The number of unbranched alkanes of at least 4 members (excludes halogenated alkanes) is 3. The largest absolute Gasteiger partial charge is 0.391 e. The molecule has 1 aliphatic carbocycles. The highest BCUT2D eigenvalue weighted by Gasteiger charge is 2.44. The lowest BCUT2D eigenvalue weighted by atomic mass is 9.85. The molecule has 4 aromatic heterocycles. The van der Waals surface area contributed by atoms with Gasteiger partial charge >= 0.3 is 0 Å². The molecule has 3 aliphatic rings. The summed E-state index contributed by atoms with van der Waals surface area (Å²) in [5, 5.41) is 29.5. The predicted molar refractivity (Wildman–Crippen MR) is 282 cm³/mol. The van der Waals surface area contributed by atoms with Gasteiger partial charge in [-0.3, -0.25) is 38.4 Å². The molecule has 0 unspecified atom stereocenters. The van der Waals surface area contributed by atoms with Crippen LogP contribution in [0.1, 0.15) is 105 Å². The number of piperazine rings is 1. The Morgan fingerprint density at radius 2 is 1.69 bits per heavy atom. The van der Waals surface area contributed by atoms with Gasteiger partial charge in [0.2, 0.25) is 23.6 Å². The highest BCUT2D eigenvalue weighted by molar-refractivity contribution is 7.13. The van der Waals surface area contributed by atoms with E-state index in [1.165, 1.54) is 11.0 Å². The normalized spacial score (nSPS) is 17.5. The standard InChI is InChI=1S/C54H66FN13O6S/c1-33-47(75-32-59-33)36-12-10-34(11-13-36)25-58-51(72)43-24-39(69)29-68(43)53(74)48(54(2,3)4)64-45(70)9-7-5-6-8-18-56-46(71)31-65-19-21-66(22-20-65)52(73)37-16-17-41(40(55)23-37)62-49-50-57-28-44(38-26-60-61-27-38)67(50)30-42(63-49)35-14-15-35/h10-13,16-17,23,26-28,30,32,35,39,43,48,69H,5-9,14-15,18-22,24-25,29,31H2,1-4H3,(H,56,71)(H,58,72)(H,60,61)(H,62,63)(H,64,70)/t39-,43+,48+/m0/s1. The number of aryl methyl sites for hydroxylation is 1. The highest BCUT2D eigenvalue weighted by atomic mass is 32.1. The molecule has 6 N–H and O–H groups in total. The van der Waals surface area contributed by atoms with Crippen LogP contribution in [0.2, 0.25) is 0 Å². The fraction of sp³-hybridized carbons (Fsp3) is 0.463. The maximum atomic E-state index is 15.7. The maximum Gasteiger partial charge on any atom is 0.254 e. The number of nitrogens with zero attached hydrogens (tertiary/aromatic N) is 8. The number of aromatic amines is 1. The third-order valence-electron chi connectivity index (χ3n) is 14.2. The third kappa shape index (κ3) is 12.9. The van der Waals surface area contributed by atoms with Gasteiger partial charge in [-0.05, 0) is 67.3 Å². The third-order valence-corrected chi connectivity index (χ3v) is 15.1. The number of likely N-dealkylation sites (tertiary alicyclic amines) is 1. The van der Waals surface area contributed by atoms with Crippen LogP contribution < -0.4 is 21.3 Å². The summed E-state index contributed by atoms with van der Waals surface area (Å²) in [6.45, 7) is 10.3. The number of anilines is 2. The Morgan fingerprint density at radius 1 is 0.920 bits per heavy atom. The number of carbonyl (C=O) groups excluding carboxylic acids is 5. The fourth-order valence-corrected chi connectivity index (χ4v) is 10.5. The van der Waals surface area contributed by atoms with Crippen molar-refractivity contribution in [2.24, 2.45) is 5.41 Å². The topological polar surface area (TPSA) is 235 Å². The van der Waals surface area contributed by atoms with Crippen LogP contribution in [0, 0.1) is 18.2 Å². The fourth-order valence-electron chi connectivity index (χ4n) is 9.70. The lowest BCUT2D eigenvalue weighted by Gasteiger charge is -2.35. The van der Waals surface area contributed by atoms with Crippen LogP contribution in [-0.2, 0) is 25.7 Å². The van der Waals surface area contributed by atoms with Gasteiger partial charge in [0, 0.05) is 88.1 Å². The minimum atomic E-state index is -0.907. The number of carbonyl (C=O) groups is 5. The van der Waals surface area contributed by atoms with Crippen molar-refractivity contribution in [1.82, 2.24) is 60.2 Å². The zero-order valence-corrected chi connectivity index (χ0v) is 43.7. The summed E-state index contributed by atoms with van der Waals surface area (Å²) in [5.41, 5.74) is 7.59. The minimum Gasteiger partial charge on any atom is -0.391 e. The summed E-state index contributed by atoms with van der Waals surface area (Å²) < 4.78 is 17.6. The van der Waals surface area contributed by atoms with Gasteiger partial charge in [0.05, 0.1) is 58.2 Å². The van der Waals surface area contributed by atoms with E-state index in [-0.39, 0.29) is 67.4 Å². The molecule has 21 heteroatoms. The number of aliphatic hydroxyl groups is 1. The number of amides is 5. The zero-order valence-electron chi connectivity index (χ0n) is 42.9. The second-order valence-corrected chi connectivity index (χ2v) is 21.8. The summed E-state index contributed by atoms with van der Waals surface area (Å²) in [5.74, 6) is -1.26. The molecule has 75 heavy (non-hydrogen) atoms. The number of thiazole rings is 1. The number of nitrogens with one attached hydrogen (secondary N) is 5. The van der Waals surface area contributed by atoms with Gasteiger partial charge in [-0.2, -0.15) is 5.10 Å². The van der Waals surface area contributed by atoms with Crippen molar-refractivity contribution in [3.8, 4) is 21.7 Å². The van der Waals surface area contributed by atoms with Crippen LogP contribution >= 0.6 is 11.3 Å². The van der Waals surface area contributed by atoms with Gasteiger partial charge in [0.15, 0.2) is 11.5 Å². The molecule has 6 aromatic rings. The van der Waals surface area contributed by atoms with E-state index in [1.807, 2.05) is 73.0 Å². The Balaban J connectivity index is 0.661. The average molecular weight is 1040 g/mol. The van der Waals surface area contributed by atoms with Crippen molar-refractivity contribution < 1.29 is 33.5 Å². The van der Waals surface area contributed by atoms with E-state index in [4.69, 9.17) is 4.98 Å². The molecule has 19 nitrogen and oxygen atoms in total. The molecular formula is C54H66FN13O6S. The van der Waals surface area contributed by atoms with Crippen LogP contribution in [0.25, 0.3) is 27.3 Å². The Hall–Kier alpha value is -7.10. The van der Waals surface area contributed by atoms with E-state index in [1.54, 1.807) is 47.0 Å². The first-order valence-electron chi connectivity index (χ1n) is 25.9. The average Bonchev–Trinajstić information content (AvgIpc) is 3.71. The second-order valence-electron chi connectivity index (χ2n) is 21.0. The zero-order chi connectivity index (χ0) is 52.8. The molecule has 3 atom stereocenters. The number of rotatable bonds is 20. The van der Waals surface area contributed by atoms with E-state index < -0.39 is 35.3 Å². The lowest BCUT2D eigenvalue weighted by Crippen LogP contribution is -2.57. The molecule has 2 aliphatic heterocycles. The first-order valence-corrected chi connectivity index (χ1v) is 26.7. The van der Waals surface area contributed by atoms with Crippen molar-refractivity contribution in [1.29, 1.82) is 0 Å². The summed E-state index contributed by atoms with van der Waals surface area (Å²) in [4.78, 5) is 86.9. The number of benzene rings is 2. The number of hydrogen-bond donors (Lipinski definition) is 6. The second kappa shape index (κ2) is 23.2. The van der Waals surface area contributed by atoms with E-state index >= 15 is 4.39 Å². The van der Waals surface area contributed by atoms with Gasteiger partial charge in [-0.15, -0.1) is 11.3 Å². The molecule has 0 spiro atoms. The van der Waals surface area contributed by atoms with E-state index in [2.05, 4.69) is 41.4 Å². The van der Waals surface area contributed by atoms with Gasteiger partial charge in [-0.1, -0.05) is 57.9 Å². The van der Waals surface area contributed by atoms with Gasteiger partial charge < -0.3 is 36.2 Å². The number of aromatic nitrogens is 6. The van der Waals surface area contributed by atoms with Crippen molar-refractivity contribution in [2.45, 2.75) is 110 Å². The number of imidazole rings is 1. The van der Waals surface area contributed by atoms with Gasteiger partial charge in [0.25, 0.3) is 5.91 Å². The van der Waals surface area contributed by atoms with Crippen LogP contribution in [0.5, 0.6) is 0 Å². The molecular weight excluding hydrogens is 978 g/mol. The lowest BCUT2D eigenvalue weighted by molar-refractivity contribution is -0.144. The number of halogens is 1. The minimum absolute atomic E-state index is 0.00278. The van der Waals surface area contributed by atoms with E-state index in [0.717, 1.165) is 70.8 Å². The van der Waals surface area contributed by atoms with E-state index in [9.17, 15) is 29.1 Å². The summed E-state index contributed by atoms with van der Waals surface area (Å²) >= 11 is 1.57. The number of hydrogen-bond acceptors (Lipinski definition) is 13. The van der Waals surface area contributed by atoms with Crippen LogP contribution in [0.3, 0.4) is 0 Å². The Bertz CT molecular complexity index is 3000. The van der Waals surface area contributed by atoms with Crippen LogP contribution in [0.15, 0.2) is 72.8 Å². The summed E-state index contributed by atoms with van der Waals surface area (Å²) in [7, 11) is 0. The molecule has 2 saturated heterocycles. The molecule has 0 radical (unpaired) electrons.